The molecule has 0 amide bonds. The van der Waals surface area contributed by atoms with E-state index in [-0.39, 0.29) is 0 Å². The molecule has 3 N–H and O–H groups in total. The molecule has 0 saturated heterocycles. The van der Waals surface area contributed by atoms with E-state index in [0.29, 0.717) is 23.9 Å². The van der Waals surface area contributed by atoms with Gasteiger partial charge in [-0.1, -0.05) is 0 Å². The Morgan fingerprint density at radius 1 is 1.47 bits per heavy atom. The number of nitrogens with two attached hydrogens (primary N) is 1. The summed E-state index contributed by atoms with van der Waals surface area (Å²) in [6, 6.07) is 0. The van der Waals surface area contributed by atoms with Crippen molar-refractivity contribution in [3.8, 4) is 0 Å². The van der Waals surface area contributed by atoms with Gasteiger partial charge in [-0.2, -0.15) is 5.10 Å². The van der Waals surface area contributed by atoms with Crippen molar-refractivity contribution in [3.63, 3.8) is 0 Å². The smallest absolute Gasteiger partial charge is 0.169 e. The van der Waals surface area contributed by atoms with Crippen LogP contribution < -0.4 is 11.1 Å². The summed E-state index contributed by atoms with van der Waals surface area (Å²) < 4.78 is 1.64. The molecule has 2 rings (SSSR count). The highest BCUT2D eigenvalue weighted by Gasteiger charge is 2.01. The second-order valence-corrected chi connectivity index (χ2v) is 3.01. The van der Waals surface area contributed by atoms with Gasteiger partial charge < -0.3 is 11.1 Å². The summed E-state index contributed by atoms with van der Waals surface area (Å²) in [4.78, 5) is 11.8. The molecule has 0 bridgehead atoms. The van der Waals surface area contributed by atoms with Crippen LogP contribution in [0.1, 0.15) is 5.82 Å². The molecule has 0 spiro atoms. The van der Waals surface area contributed by atoms with E-state index in [4.69, 9.17) is 5.73 Å². The SMILES string of the molecule is Cn1cnc(CNc2ncncc2N)n1. The summed E-state index contributed by atoms with van der Waals surface area (Å²) in [6.07, 6.45) is 4.62. The molecule has 0 atom stereocenters. The average molecular weight is 205 g/mol. The Morgan fingerprint density at radius 3 is 3.00 bits per heavy atom. The van der Waals surface area contributed by atoms with Gasteiger partial charge in [0.1, 0.15) is 12.7 Å². The lowest BCUT2D eigenvalue weighted by atomic mass is 10.4. The Labute approximate surface area is 86.4 Å². The van der Waals surface area contributed by atoms with Crippen LogP contribution >= 0.6 is 0 Å². The fourth-order valence-electron chi connectivity index (χ4n) is 1.12. The van der Waals surface area contributed by atoms with Crippen molar-refractivity contribution in [2.24, 2.45) is 7.05 Å². The van der Waals surface area contributed by atoms with E-state index in [1.54, 1.807) is 17.2 Å². The van der Waals surface area contributed by atoms with Crippen LogP contribution in [0.3, 0.4) is 0 Å². The molecule has 7 heteroatoms. The fraction of sp³-hybridized carbons (Fsp3) is 0.250. The zero-order valence-electron chi connectivity index (χ0n) is 8.25. The molecule has 0 aliphatic heterocycles. The van der Waals surface area contributed by atoms with E-state index in [0.717, 1.165) is 0 Å². The Kier molecular flexibility index (Phi) is 2.44. The van der Waals surface area contributed by atoms with Crippen LogP contribution in [0.25, 0.3) is 0 Å². The Hall–Kier alpha value is -2.18. The number of nitrogen functional groups attached to an aromatic ring is 1. The minimum absolute atomic E-state index is 0.488. The van der Waals surface area contributed by atoms with Crippen molar-refractivity contribution in [2.75, 3.05) is 11.1 Å². The second kappa shape index (κ2) is 3.91. The van der Waals surface area contributed by atoms with Gasteiger partial charge in [-0.05, 0) is 0 Å². The first-order valence-electron chi connectivity index (χ1n) is 4.39. The van der Waals surface area contributed by atoms with Gasteiger partial charge in [0.05, 0.1) is 18.4 Å². The summed E-state index contributed by atoms with van der Waals surface area (Å²) in [5, 5.41) is 7.14. The number of aryl methyl sites for hydroxylation is 1. The lowest BCUT2D eigenvalue weighted by molar-refractivity contribution is 0.747. The minimum atomic E-state index is 0.488. The molecular weight excluding hydrogens is 194 g/mol. The maximum atomic E-state index is 5.66. The maximum absolute atomic E-state index is 5.66. The van der Waals surface area contributed by atoms with Crippen molar-refractivity contribution in [1.82, 2.24) is 24.7 Å². The standard InChI is InChI=1S/C8H11N7/c1-15-5-13-7(14-15)3-11-8-6(9)2-10-4-12-8/h2,4-5H,3,9H2,1H3,(H,10,11,12). The van der Waals surface area contributed by atoms with Crippen molar-refractivity contribution >= 4 is 11.5 Å². The van der Waals surface area contributed by atoms with Crippen LogP contribution in [-0.4, -0.2) is 24.7 Å². The van der Waals surface area contributed by atoms with Crippen LogP contribution in [0, 0.1) is 0 Å². The van der Waals surface area contributed by atoms with Gasteiger partial charge >= 0.3 is 0 Å². The number of nitrogens with zero attached hydrogens (tertiary/aromatic N) is 5. The summed E-state index contributed by atoms with van der Waals surface area (Å²) in [6.45, 7) is 0.488. The van der Waals surface area contributed by atoms with Crippen LogP contribution in [0.15, 0.2) is 18.9 Å². The molecule has 0 unspecified atom stereocenters. The number of anilines is 2. The number of aromatic nitrogens is 5. The van der Waals surface area contributed by atoms with E-state index >= 15 is 0 Å². The van der Waals surface area contributed by atoms with Gasteiger partial charge in [0, 0.05) is 7.05 Å². The lowest BCUT2D eigenvalue weighted by Crippen LogP contribution is -2.06. The molecule has 0 saturated carbocycles. The van der Waals surface area contributed by atoms with Crippen molar-refractivity contribution in [1.29, 1.82) is 0 Å². The topological polar surface area (TPSA) is 94.5 Å². The number of hydrogen-bond donors (Lipinski definition) is 2. The van der Waals surface area contributed by atoms with E-state index < -0.39 is 0 Å². The highest BCUT2D eigenvalue weighted by molar-refractivity contribution is 5.58. The first-order valence-corrected chi connectivity index (χ1v) is 4.39. The zero-order valence-corrected chi connectivity index (χ0v) is 8.25. The van der Waals surface area contributed by atoms with Crippen LogP contribution in [-0.2, 0) is 13.6 Å². The van der Waals surface area contributed by atoms with Crippen LogP contribution in [0.5, 0.6) is 0 Å². The highest BCUT2D eigenvalue weighted by Crippen LogP contribution is 2.11. The van der Waals surface area contributed by atoms with E-state index in [1.807, 2.05) is 7.05 Å². The molecule has 0 radical (unpaired) electrons. The molecular formula is C8H11N7. The minimum Gasteiger partial charge on any atom is -0.394 e. The monoisotopic (exact) mass is 205 g/mol. The molecule has 78 valence electrons. The van der Waals surface area contributed by atoms with Crippen molar-refractivity contribution < 1.29 is 0 Å². The predicted molar refractivity (Wildman–Crippen MR) is 54.8 cm³/mol. The van der Waals surface area contributed by atoms with Crippen molar-refractivity contribution in [2.45, 2.75) is 6.54 Å². The molecule has 15 heavy (non-hydrogen) atoms. The lowest BCUT2D eigenvalue weighted by Gasteiger charge is -2.04. The van der Waals surface area contributed by atoms with Crippen LogP contribution in [0.2, 0.25) is 0 Å². The zero-order chi connectivity index (χ0) is 10.7. The van der Waals surface area contributed by atoms with Gasteiger partial charge in [0.2, 0.25) is 0 Å². The largest absolute Gasteiger partial charge is 0.394 e. The molecule has 0 aromatic carbocycles. The number of nitrogens with one attached hydrogen (secondary N) is 1. The predicted octanol–water partition coefficient (Wildman–Crippen LogP) is -0.201. The molecule has 2 aromatic rings. The highest BCUT2D eigenvalue weighted by atomic mass is 15.3. The summed E-state index contributed by atoms with van der Waals surface area (Å²) in [5.74, 6) is 1.29. The quantitative estimate of drug-likeness (QED) is 0.720. The normalized spacial score (nSPS) is 10.2. The van der Waals surface area contributed by atoms with Gasteiger partial charge in [0.15, 0.2) is 11.6 Å². The third kappa shape index (κ3) is 2.19. The van der Waals surface area contributed by atoms with Gasteiger partial charge in [0.25, 0.3) is 0 Å². The Balaban J connectivity index is 2.02. The Morgan fingerprint density at radius 2 is 2.33 bits per heavy atom. The van der Waals surface area contributed by atoms with Gasteiger partial charge in [-0.15, -0.1) is 0 Å². The summed E-state index contributed by atoms with van der Waals surface area (Å²) in [5.41, 5.74) is 6.16. The summed E-state index contributed by atoms with van der Waals surface area (Å²) in [7, 11) is 1.82. The third-order valence-corrected chi connectivity index (χ3v) is 1.80. The third-order valence-electron chi connectivity index (χ3n) is 1.80. The number of hydrogen-bond acceptors (Lipinski definition) is 6. The van der Waals surface area contributed by atoms with E-state index in [2.05, 4.69) is 25.4 Å². The van der Waals surface area contributed by atoms with Gasteiger partial charge in [-0.3, -0.25) is 4.68 Å². The number of rotatable bonds is 3. The van der Waals surface area contributed by atoms with E-state index in [9.17, 15) is 0 Å². The van der Waals surface area contributed by atoms with Crippen molar-refractivity contribution in [3.05, 3.63) is 24.7 Å². The molecule has 2 heterocycles. The maximum Gasteiger partial charge on any atom is 0.169 e. The molecule has 7 nitrogen and oxygen atoms in total. The average Bonchev–Trinajstić information content (AvgIpc) is 2.63. The van der Waals surface area contributed by atoms with Crippen LogP contribution in [0.4, 0.5) is 11.5 Å². The molecule has 0 aliphatic carbocycles. The first kappa shape index (κ1) is 9.38. The van der Waals surface area contributed by atoms with E-state index in [1.165, 1.54) is 6.33 Å². The first-order chi connectivity index (χ1) is 7.25. The summed E-state index contributed by atoms with van der Waals surface area (Å²) >= 11 is 0. The van der Waals surface area contributed by atoms with Gasteiger partial charge in [-0.25, -0.2) is 15.0 Å². The second-order valence-electron chi connectivity index (χ2n) is 3.01. The molecule has 0 fully saturated rings. The molecule has 0 aliphatic rings. The molecule has 2 aromatic heterocycles. The Bertz CT molecular complexity index is 450. The fourth-order valence-corrected chi connectivity index (χ4v) is 1.12.